The molecule has 90 valence electrons. The first kappa shape index (κ1) is 11.8. The first-order valence-electron chi connectivity index (χ1n) is 5.54. The lowest BCUT2D eigenvalue weighted by molar-refractivity contribution is 0.172. The molecule has 3 nitrogen and oxygen atoms in total. The lowest BCUT2D eigenvalue weighted by Crippen LogP contribution is -2.16. The number of rotatable bonds is 4. The van der Waals surface area contributed by atoms with Gasteiger partial charge < -0.3 is 9.67 Å². The van der Waals surface area contributed by atoms with Gasteiger partial charge in [0.2, 0.25) is 0 Å². The first-order chi connectivity index (χ1) is 8.15. The van der Waals surface area contributed by atoms with Crippen molar-refractivity contribution in [1.82, 2.24) is 9.55 Å². The molecule has 0 radical (unpaired) electrons. The Labute approximate surface area is 99.5 Å². The minimum absolute atomic E-state index is 0.257. The summed E-state index contributed by atoms with van der Waals surface area (Å²) in [6, 6.07) is 6.19. The number of nitrogens with zero attached hydrogens (tertiary/aromatic N) is 2. The summed E-state index contributed by atoms with van der Waals surface area (Å²) in [7, 11) is 1.90. The van der Waals surface area contributed by atoms with E-state index in [-0.39, 0.29) is 5.82 Å². The van der Waals surface area contributed by atoms with Crippen molar-refractivity contribution >= 4 is 0 Å². The molecule has 1 atom stereocenters. The van der Waals surface area contributed by atoms with Crippen LogP contribution >= 0.6 is 0 Å². The van der Waals surface area contributed by atoms with Gasteiger partial charge in [-0.1, -0.05) is 12.1 Å². The van der Waals surface area contributed by atoms with Crippen LogP contribution in [-0.4, -0.2) is 20.8 Å². The van der Waals surface area contributed by atoms with E-state index in [0.29, 0.717) is 12.8 Å². The van der Waals surface area contributed by atoms with Crippen LogP contribution in [0, 0.1) is 5.82 Å². The molecule has 0 aliphatic carbocycles. The minimum atomic E-state index is -0.499. The Morgan fingerprint density at radius 3 is 2.59 bits per heavy atom. The number of aryl methyl sites for hydroxylation is 1. The third-order valence-corrected chi connectivity index (χ3v) is 2.72. The van der Waals surface area contributed by atoms with Gasteiger partial charge in [0.15, 0.2) is 0 Å². The highest BCUT2D eigenvalue weighted by Gasteiger charge is 2.09. The van der Waals surface area contributed by atoms with Gasteiger partial charge in [0.25, 0.3) is 0 Å². The fourth-order valence-corrected chi connectivity index (χ4v) is 1.77. The molecule has 2 aromatic rings. The standard InChI is InChI=1S/C13H15FN2O/c1-16-7-6-15-13(16)9-12(17)8-10-2-4-11(14)5-3-10/h2-7,12,17H,8-9H2,1H3. The Bertz CT molecular complexity index is 478. The van der Waals surface area contributed by atoms with Crippen molar-refractivity contribution in [3.8, 4) is 0 Å². The second kappa shape index (κ2) is 5.10. The lowest BCUT2D eigenvalue weighted by Gasteiger charge is -2.10. The monoisotopic (exact) mass is 234 g/mol. The number of hydrogen-bond acceptors (Lipinski definition) is 2. The molecule has 0 bridgehead atoms. The Kier molecular flexibility index (Phi) is 3.54. The number of benzene rings is 1. The van der Waals surface area contributed by atoms with Crippen LogP contribution in [0.5, 0.6) is 0 Å². The van der Waals surface area contributed by atoms with E-state index in [1.54, 1.807) is 18.3 Å². The molecule has 1 aromatic carbocycles. The van der Waals surface area contributed by atoms with E-state index >= 15 is 0 Å². The molecule has 1 N–H and O–H groups in total. The summed E-state index contributed by atoms with van der Waals surface area (Å²) in [5.74, 6) is 0.590. The van der Waals surface area contributed by atoms with Crippen LogP contribution in [0.1, 0.15) is 11.4 Å². The SMILES string of the molecule is Cn1ccnc1CC(O)Cc1ccc(F)cc1. The molecule has 0 spiro atoms. The van der Waals surface area contributed by atoms with Gasteiger partial charge in [-0.3, -0.25) is 0 Å². The molecule has 0 aliphatic rings. The topological polar surface area (TPSA) is 38.0 Å². The van der Waals surface area contributed by atoms with Crippen molar-refractivity contribution in [3.05, 3.63) is 53.9 Å². The summed E-state index contributed by atoms with van der Waals surface area (Å²) in [6.45, 7) is 0. The fourth-order valence-electron chi connectivity index (χ4n) is 1.77. The zero-order chi connectivity index (χ0) is 12.3. The molecular weight excluding hydrogens is 219 g/mol. The van der Waals surface area contributed by atoms with Crippen LogP contribution in [-0.2, 0) is 19.9 Å². The Balaban J connectivity index is 1.95. The zero-order valence-corrected chi connectivity index (χ0v) is 9.68. The Morgan fingerprint density at radius 1 is 1.29 bits per heavy atom. The maximum atomic E-state index is 12.7. The number of aromatic nitrogens is 2. The second-order valence-corrected chi connectivity index (χ2v) is 4.14. The molecule has 0 saturated heterocycles. The number of imidazole rings is 1. The van der Waals surface area contributed by atoms with Crippen molar-refractivity contribution in [1.29, 1.82) is 0 Å². The molecule has 0 amide bonds. The third kappa shape index (κ3) is 3.14. The van der Waals surface area contributed by atoms with Gasteiger partial charge in [-0.2, -0.15) is 0 Å². The van der Waals surface area contributed by atoms with Gasteiger partial charge in [0.1, 0.15) is 11.6 Å². The summed E-state index contributed by atoms with van der Waals surface area (Å²) in [6.07, 6.45) is 4.06. The molecule has 0 saturated carbocycles. The van der Waals surface area contributed by atoms with Gasteiger partial charge in [0.05, 0.1) is 6.10 Å². The minimum Gasteiger partial charge on any atom is -0.392 e. The van der Waals surface area contributed by atoms with Gasteiger partial charge in [-0.05, 0) is 24.1 Å². The predicted octanol–water partition coefficient (Wildman–Crippen LogP) is 1.71. The van der Waals surface area contributed by atoms with E-state index < -0.39 is 6.10 Å². The lowest BCUT2D eigenvalue weighted by atomic mass is 10.1. The largest absolute Gasteiger partial charge is 0.392 e. The second-order valence-electron chi connectivity index (χ2n) is 4.14. The number of hydrogen-bond donors (Lipinski definition) is 1. The maximum Gasteiger partial charge on any atom is 0.123 e. The first-order valence-corrected chi connectivity index (χ1v) is 5.54. The van der Waals surface area contributed by atoms with E-state index in [4.69, 9.17) is 0 Å². The quantitative estimate of drug-likeness (QED) is 0.874. The summed E-state index contributed by atoms with van der Waals surface area (Å²) in [5, 5.41) is 9.92. The summed E-state index contributed by atoms with van der Waals surface area (Å²) in [5.41, 5.74) is 0.924. The summed E-state index contributed by atoms with van der Waals surface area (Å²) < 4.78 is 14.6. The molecule has 1 heterocycles. The van der Waals surface area contributed by atoms with Gasteiger partial charge in [0, 0.05) is 25.9 Å². The van der Waals surface area contributed by atoms with Crippen molar-refractivity contribution in [2.24, 2.45) is 7.05 Å². The van der Waals surface area contributed by atoms with Crippen molar-refractivity contribution in [3.63, 3.8) is 0 Å². The fraction of sp³-hybridized carbons (Fsp3) is 0.308. The van der Waals surface area contributed by atoms with Crippen molar-refractivity contribution in [2.45, 2.75) is 18.9 Å². The Hall–Kier alpha value is -1.68. The molecule has 2 rings (SSSR count). The van der Waals surface area contributed by atoms with E-state index in [0.717, 1.165) is 11.4 Å². The van der Waals surface area contributed by atoms with Crippen LogP contribution in [0.25, 0.3) is 0 Å². The molecule has 1 unspecified atom stereocenters. The van der Waals surface area contributed by atoms with Gasteiger partial charge in [-0.25, -0.2) is 9.37 Å². The summed E-state index contributed by atoms with van der Waals surface area (Å²) >= 11 is 0. The molecule has 0 fully saturated rings. The molecule has 17 heavy (non-hydrogen) atoms. The highest BCUT2D eigenvalue weighted by atomic mass is 19.1. The maximum absolute atomic E-state index is 12.7. The van der Waals surface area contributed by atoms with Crippen LogP contribution in [0.3, 0.4) is 0 Å². The van der Waals surface area contributed by atoms with E-state index in [1.807, 2.05) is 17.8 Å². The molecule has 1 aromatic heterocycles. The van der Waals surface area contributed by atoms with Gasteiger partial charge in [-0.15, -0.1) is 0 Å². The average Bonchev–Trinajstić information content (AvgIpc) is 2.68. The van der Waals surface area contributed by atoms with Crippen LogP contribution in [0.4, 0.5) is 4.39 Å². The van der Waals surface area contributed by atoms with Gasteiger partial charge >= 0.3 is 0 Å². The number of halogens is 1. The predicted molar refractivity (Wildman–Crippen MR) is 63.0 cm³/mol. The molecule has 0 aliphatic heterocycles. The molecular formula is C13H15FN2O. The third-order valence-electron chi connectivity index (χ3n) is 2.72. The normalized spacial score (nSPS) is 12.6. The van der Waals surface area contributed by atoms with Crippen LogP contribution in [0.2, 0.25) is 0 Å². The highest BCUT2D eigenvalue weighted by Crippen LogP contribution is 2.09. The Morgan fingerprint density at radius 2 is 2.00 bits per heavy atom. The zero-order valence-electron chi connectivity index (χ0n) is 9.68. The number of aliphatic hydroxyl groups is 1. The van der Waals surface area contributed by atoms with E-state index in [1.165, 1.54) is 12.1 Å². The smallest absolute Gasteiger partial charge is 0.123 e. The van der Waals surface area contributed by atoms with E-state index in [2.05, 4.69) is 4.98 Å². The van der Waals surface area contributed by atoms with E-state index in [9.17, 15) is 9.50 Å². The van der Waals surface area contributed by atoms with Crippen molar-refractivity contribution < 1.29 is 9.50 Å². The number of aliphatic hydroxyl groups excluding tert-OH is 1. The van der Waals surface area contributed by atoms with Crippen molar-refractivity contribution in [2.75, 3.05) is 0 Å². The highest BCUT2D eigenvalue weighted by molar-refractivity contribution is 5.17. The average molecular weight is 234 g/mol. The molecule has 4 heteroatoms. The van der Waals surface area contributed by atoms with Crippen LogP contribution < -0.4 is 0 Å². The summed E-state index contributed by atoms with van der Waals surface area (Å²) in [4.78, 5) is 4.15. The van der Waals surface area contributed by atoms with Crippen LogP contribution in [0.15, 0.2) is 36.7 Å².